The van der Waals surface area contributed by atoms with Crippen LogP contribution in [0.4, 0.5) is 69.3 Å². The van der Waals surface area contributed by atoms with Crippen LogP contribution in [0.15, 0.2) is 161 Å². The van der Waals surface area contributed by atoms with E-state index in [1.807, 2.05) is 0 Å². The van der Waals surface area contributed by atoms with Crippen molar-refractivity contribution >= 4 is 155 Å². The second kappa shape index (κ2) is 24.2. The van der Waals surface area contributed by atoms with Crippen molar-refractivity contribution in [1.82, 2.24) is 29.9 Å². The summed E-state index contributed by atoms with van der Waals surface area (Å²) < 4.78 is 136. The van der Waals surface area contributed by atoms with Crippen LogP contribution in [-0.4, -0.2) is 81.8 Å². The van der Waals surface area contributed by atoms with Gasteiger partial charge in [-0.1, -0.05) is 35.8 Å². The summed E-state index contributed by atoms with van der Waals surface area (Å²) in [5.74, 6) is -3.11. The van der Waals surface area contributed by atoms with Gasteiger partial charge in [0.2, 0.25) is 34.4 Å². The number of anilines is 8. The first-order valence-electron chi connectivity index (χ1n) is 21.2. The molecule has 0 radical (unpaired) electrons. The number of hydrogen-bond donors (Lipinski definition) is 8. The van der Waals surface area contributed by atoms with Gasteiger partial charge in [0, 0.05) is 11.4 Å². The van der Waals surface area contributed by atoms with Gasteiger partial charge in [-0.25, -0.2) is 0 Å². The van der Waals surface area contributed by atoms with E-state index in [0.717, 1.165) is 36.4 Å². The molecule has 0 fully saturated rings. The van der Waals surface area contributed by atoms with E-state index in [0.29, 0.717) is 11.4 Å². The largest absolute Gasteiger partial charge is 1.00 e. The van der Waals surface area contributed by atoms with Gasteiger partial charge in [0.05, 0.1) is 43.9 Å². The number of hydrogen-bond acceptors (Lipinski definition) is 24. The fourth-order valence-electron chi connectivity index (χ4n) is 7.13. The number of aromatic nitrogens is 6. The molecule has 0 saturated heterocycles. The minimum atomic E-state index is -5.11. The number of halogens is 2. The maximum Gasteiger partial charge on any atom is 1.00 e. The fourth-order valence-corrected chi connectivity index (χ4v) is 9.84. The Morgan fingerprint density at radius 2 is 0.725 bits per heavy atom. The SMILES string of the molecule is O=S(=O)(O)c1cccc(N=Nc2ccc3c([O-])c(Nc4nc(Cl)nc(Nc5ccc(Nc6nc(Cl)nc(Nc7c(S(=O)(=O)O)cc8cc(N=Nc9cccc(S(=O)(=O)O)c9)ccc8c7[O-])n6)cc5)n4)c(S(=O)(=O)O)cc3c2)c1.[Na+].[Na+]. The molecule has 0 bridgehead atoms. The molecule has 8 N–H and O–H groups in total. The summed E-state index contributed by atoms with van der Waals surface area (Å²) in [4.78, 5) is 21.6. The van der Waals surface area contributed by atoms with E-state index in [4.69, 9.17) is 23.2 Å². The first kappa shape index (κ1) is 60.9. The summed E-state index contributed by atoms with van der Waals surface area (Å²) in [6.45, 7) is 0. The zero-order chi connectivity index (χ0) is 55.9. The van der Waals surface area contributed by atoms with Gasteiger partial charge in [0.25, 0.3) is 40.5 Å². The number of nitrogens with zero attached hydrogens (tertiary/aromatic N) is 10. The standard InChI is InChI=1S/C44H30Cl2N14O14S4.2Na/c45-39-51-41(55-43(53-39)49-35-33(77(69,70)71)17-21-15-27(11-13-31(21)37(35)61)59-57-25-3-1-5-29(19-25)75(63,64)65)47-23-7-9-24(10-8-23)48-42-52-40(46)54-44(56-42)50-36-34(78(72,73)74)18-22-16-28(12-14-32(22)38(36)62)60-58-26-4-2-6-30(20-26)76(66,67)68;;/h1-20,61-62H,(H,63,64,65)(H,66,67,68)(H,69,70,71)(H,72,73,74)(H2,47,49,51,53,55)(H2,48,50,52,54,56);;/q;2*+1/p-2. The van der Waals surface area contributed by atoms with E-state index in [-0.39, 0.29) is 115 Å². The smallest absolute Gasteiger partial charge is 0.871 e. The van der Waals surface area contributed by atoms with Crippen LogP contribution in [-0.2, 0) is 40.5 Å². The normalized spacial score (nSPS) is 12.1. The average molecular weight is 1220 g/mol. The van der Waals surface area contributed by atoms with E-state index in [2.05, 4.69) is 71.6 Å². The second-order valence-electron chi connectivity index (χ2n) is 15.8. The van der Waals surface area contributed by atoms with Crippen molar-refractivity contribution in [2.75, 3.05) is 21.3 Å². The Morgan fingerprint density at radius 1 is 0.400 bits per heavy atom. The van der Waals surface area contributed by atoms with Gasteiger partial charge in [0.15, 0.2) is 0 Å². The number of fused-ring (bicyclic) bond motifs is 2. The molecular weight excluding hydrogens is 1190 g/mol. The molecule has 36 heteroatoms. The third-order valence-corrected chi connectivity index (χ3v) is 14.3. The zero-order valence-electron chi connectivity index (χ0n) is 40.3. The van der Waals surface area contributed by atoms with Crippen molar-refractivity contribution in [3.8, 4) is 11.5 Å². The molecule has 0 aliphatic heterocycles. The third-order valence-electron chi connectivity index (χ3n) is 10.5. The molecule has 0 unspecified atom stereocenters. The molecule has 9 aromatic rings. The molecule has 0 atom stereocenters. The van der Waals surface area contributed by atoms with Gasteiger partial charge >= 0.3 is 59.1 Å². The number of rotatable bonds is 16. The van der Waals surface area contributed by atoms with Gasteiger partial charge in [0.1, 0.15) is 9.79 Å². The first-order chi connectivity index (χ1) is 36.7. The van der Waals surface area contributed by atoms with Crippen LogP contribution >= 0.6 is 23.2 Å². The monoisotopic (exact) mass is 1220 g/mol. The molecule has 0 saturated carbocycles. The molecule has 28 nitrogen and oxygen atoms in total. The van der Waals surface area contributed by atoms with Crippen LogP contribution < -0.4 is 90.6 Å². The van der Waals surface area contributed by atoms with Crippen molar-refractivity contribution in [2.45, 2.75) is 19.6 Å². The Balaban J connectivity index is 0.00000462. The summed E-state index contributed by atoms with van der Waals surface area (Å²) in [5.41, 5.74) is -0.389. The van der Waals surface area contributed by atoms with Gasteiger partial charge in [-0.3, -0.25) is 18.2 Å². The topological polar surface area (TPSA) is 438 Å². The zero-order valence-corrected chi connectivity index (χ0v) is 49.1. The van der Waals surface area contributed by atoms with Crippen LogP contribution in [0.2, 0.25) is 10.6 Å². The Kier molecular flexibility index (Phi) is 18.4. The van der Waals surface area contributed by atoms with Gasteiger partial charge in [-0.05, 0) is 142 Å². The van der Waals surface area contributed by atoms with Crippen molar-refractivity contribution in [3.05, 3.63) is 132 Å². The summed E-state index contributed by atoms with van der Waals surface area (Å²) >= 11 is 12.4. The summed E-state index contributed by atoms with van der Waals surface area (Å²) in [7, 11) is -19.3. The molecule has 0 amide bonds. The third kappa shape index (κ3) is 14.6. The van der Waals surface area contributed by atoms with Crippen LogP contribution in [0, 0.1) is 0 Å². The summed E-state index contributed by atoms with van der Waals surface area (Å²) in [6.07, 6.45) is 0. The molecule has 7 aromatic carbocycles. The Hall–Kier alpha value is -6.70. The summed E-state index contributed by atoms with van der Waals surface area (Å²) in [5, 5.41) is 53.2. The van der Waals surface area contributed by atoms with Crippen molar-refractivity contribution in [2.24, 2.45) is 20.5 Å². The average Bonchev–Trinajstić information content (AvgIpc) is 3.41. The number of nitrogens with one attached hydrogen (secondary N) is 4. The van der Waals surface area contributed by atoms with Crippen molar-refractivity contribution in [1.29, 1.82) is 0 Å². The van der Waals surface area contributed by atoms with E-state index < -0.39 is 105 Å². The quantitative estimate of drug-likeness (QED) is 0.0391. The Morgan fingerprint density at radius 3 is 1.05 bits per heavy atom. The Bertz CT molecular complexity index is 4200. The molecule has 0 aliphatic rings. The second-order valence-corrected chi connectivity index (χ2v) is 22.1. The minimum Gasteiger partial charge on any atom is -0.871 e. The molecule has 0 spiro atoms. The van der Waals surface area contributed by atoms with Crippen LogP contribution in [0.3, 0.4) is 0 Å². The molecule has 80 heavy (non-hydrogen) atoms. The molecule has 9 rings (SSSR count). The Labute approximate surface area is 505 Å². The van der Waals surface area contributed by atoms with Crippen LogP contribution in [0.25, 0.3) is 21.5 Å². The van der Waals surface area contributed by atoms with Crippen molar-refractivity contribution in [3.63, 3.8) is 0 Å². The fraction of sp³-hybridized carbons (Fsp3) is 0. The van der Waals surface area contributed by atoms with Crippen molar-refractivity contribution < 1.29 is 121 Å². The van der Waals surface area contributed by atoms with Gasteiger partial charge in [-0.15, -0.1) is 0 Å². The van der Waals surface area contributed by atoms with Gasteiger partial charge in [-0.2, -0.15) is 84.0 Å². The van der Waals surface area contributed by atoms with Crippen LogP contribution in [0.1, 0.15) is 0 Å². The van der Waals surface area contributed by atoms with E-state index in [9.17, 15) is 62.1 Å². The molecule has 2 heterocycles. The minimum absolute atomic E-state index is 0. The van der Waals surface area contributed by atoms with E-state index >= 15 is 0 Å². The molecule has 0 aliphatic carbocycles. The summed E-state index contributed by atoms with van der Waals surface area (Å²) in [6, 6.07) is 25.7. The predicted molar refractivity (Wildman–Crippen MR) is 277 cm³/mol. The predicted octanol–water partition coefficient (Wildman–Crippen LogP) is 2.62. The molecule has 2 aromatic heterocycles. The maximum absolute atomic E-state index is 13.8. The molecule has 398 valence electrons. The van der Waals surface area contributed by atoms with Gasteiger partial charge < -0.3 is 31.5 Å². The van der Waals surface area contributed by atoms with E-state index in [1.54, 1.807) is 0 Å². The number of azo groups is 2. The number of benzene rings is 7. The van der Waals surface area contributed by atoms with E-state index in [1.165, 1.54) is 84.9 Å². The maximum atomic E-state index is 13.8. The van der Waals surface area contributed by atoms with Crippen LogP contribution in [0.5, 0.6) is 11.5 Å². The molecular formula is C44H28Cl2N14Na2O14S4. The first-order valence-corrected chi connectivity index (χ1v) is 27.8.